The lowest BCUT2D eigenvalue weighted by molar-refractivity contribution is -0.266. The minimum Gasteiger partial charge on any atom is -0.507 e. The largest absolute Gasteiger partial charge is 0.507 e. The average molecular weight is 680 g/mol. The number of hydrogen-bond donors (Lipinski definition) is 5. The van der Waals surface area contributed by atoms with E-state index < -0.39 is 102 Å². The van der Waals surface area contributed by atoms with Crippen LogP contribution in [-0.4, -0.2) is 125 Å². The van der Waals surface area contributed by atoms with Gasteiger partial charge in [-0.1, -0.05) is 12.1 Å². The summed E-state index contributed by atoms with van der Waals surface area (Å²) in [5.74, 6) is -3.75. The topological polar surface area (TPSA) is 202 Å². The molecule has 2 saturated heterocycles. The number of aliphatic hydroxyl groups excluding tert-OH is 2. The number of aromatic hydroxyl groups is 2. The summed E-state index contributed by atoms with van der Waals surface area (Å²) in [4.78, 5) is 42.4. The van der Waals surface area contributed by atoms with Crippen LogP contribution in [0, 0.1) is 0 Å². The van der Waals surface area contributed by atoms with Gasteiger partial charge in [-0.2, -0.15) is 0 Å². The summed E-state index contributed by atoms with van der Waals surface area (Å²) < 4.78 is 28.6. The van der Waals surface area contributed by atoms with E-state index in [9.17, 15) is 39.9 Å². The first-order chi connectivity index (χ1) is 21.9. The van der Waals surface area contributed by atoms with Gasteiger partial charge in [0.2, 0.25) is 5.78 Å². The number of benzene rings is 2. The van der Waals surface area contributed by atoms with E-state index in [0.29, 0.717) is 19.7 Å². The van der Waals surface area contributed by atoms with Crippen molar-refractivity contribution in [3.8, 4) is 17.2 Å². The Bertz CT molecular complexity index is 1580. The molecule has 0 unspecified atom stereocenters. The van der Waals surface area contributed by atoms with Crippen LogP contribution in [0.3, 0.4) is 0 Å². The number of aliphatic hydroxyl groups is 3. The summed E-state index contributed by atoms with van der Waals surface area (Å²) in [6.07, 6.45) is -5.46. The third-order valence-corrected chi connectivity index (χ3v) is 9.53. The number of hydrogen-bond acceptors (Lipinski definition) is 14. The molecule has 256 valence electrons. The van der Waals surface area contributed by atoms with Gasteiger partial charge in [0.05, 0.1) is 48.7 Å². The first-order valence-corrected chi connectivity index (χ1v) is 15.0. The molecule has 2 aliphatic carbocycles. The van der Waals surface area contributed by atoms with Crippen molar-refractivity contribution in [3.63, 3.8) is 0 Å². The second-order valence-electron chi connectivity index (χ2n) is 12.1. The Balaban J connectivity index is 0.00000433. The van der Waals surface area contributed by atoms with Crippen molar-refractivity contribution in [2.75, 3.05) is 40.5 Å². The van der Waals surface area contributed by atoms with E-state index in [1.165, 1.54) is 32.4 Å². The lowest BCUT2D eigenvalue weighted by Gasteiger charge is -2.47. The van der Waals surface area contributed by atoms with Crippen molar-refractivity contribution in [2.24, 2.45) is 0 Å². The van der Waals surface area contributed by atoms with Crippen LogP contribution in [0.4, 0.5) is 0 Å². The lowest BCUT2D eigenvalue weighted by Crippen LogP contribution is -2.59. The number of halogens is 1. The fourth-order valence-corrected chi connectivity index (χ4v) is 7.14. The van der Waals surface area contributed by atoms with Gasteiger partial charge in [-0.15, -0.1) is 12.4 Å². The summed E-state index contributed by atoms with van der Waals surface area (Å²) >= 11 is 0. The molecule has 0 aromatic heterocycles. The van der Waals surface area contributed by atoms with E-state index in [-0.39, 0.29) is 46.8 Å². The number of rotatable bonds is 7. The number of nitrogens with zero attached hydrogens (tertiary/aromatic N) is 1. The third-order valence-electron chi connectivity index (χ3n) is 9.53. The predicted octanol–water partition coefficient (Wildman–Crippen LogP) is 0.769. The molecule has 4 aliphatic rings. The molecule has 0 saturated carbocycles. The number of Topliss-reactive ketones (excluding diaryl/α,β-unsaturated/α-hetero) is 1. The Morgan fingerprint density at radius 2 is 1.81 bits per heavy atom. The van der Waals surface area contributed by atoms with Crippen LogP contribution < -0.4 is 4.74 Å². The second kappa shape index (κ2) is 13.4. The molecule has 0 radical (unpaired) electrons. The zero-order valence-electron chi connectivity index (χ0n) is 26.0. The van der Waals surface area contributed by atoms with E-state index in [0.717, 1.165) is 0 Å². The quantitative estimate of drug-likeness (QED) is 0.219. The standard InChI is InChI=1S/C32H37NO13.ClH/c1-14-27(36)17(33-7-8-44-22(12-33)43-3)9-21(45-14)46-19-11-32(41,20(35)13-34)10-16-24(19)31(40)26-25(29(16)38)28(37)15-5-4-6-18(42-2)23(15)30(26)39;/h4-6,14,17,19,21-22,27,34,36,38,40-41H,7-13H2,1-3H3;1H/t14-,17-,19-,21-,22-,27+,32-;/m0./s1. The number of carbonyl (C=O) groups excluding carboxylic acids is 3. The highest BCUT2D eigenvalue weighted by molar-refractivity contribution is 6.31. The van der Waals surface area contributed by atoms with Gasteiger partial charge in [-0.25, -0.2) is 0 Å². The summed E-state index contributed by atoms with van der Waals surface area (Å²) in [6.45, 7) is 1.88. The molecule has 0 spiro atoms. The maximum Gasteiger partial charge on any atom is 0.202 e. The van der Waals surface area contributed by atoms with E-state index in [4.69, 9.17) is 23.7 Å². The normalized spacial score (nSPS) is 30.5. The fourth-order valence-electron chi connectivity index (χ4n) is 7.14. The summed E-state index contributed by atoms with van der Waals surface area (Å²) in [6, 6.07) is 3.93. The molecular weight excluding hydrogens is 642 g/mol. The molecule has 15 heteroatoms. The van der Waals surface area contributed by atoms with Gasteiger partial charge in [0, 0.05) is 62.2 Å². The monoisotopic (exact) mass is 679 g/mol. The molecule has 14 nitrogen and oxygen atoms in total. The van der Waals surface area contributed by atoms with Crippen LogP contribution in [0.15, 0.2) is 18.2 Å². The average Bonchev–Trinajstić information content (AvgIpc) is 3.05. The van der Waals surface area contributed by atoms with Crippen LogP contribution in [-0.2, 0) is 30.2 Å². The SMILES string of the molecule is COc1cccc2c1C(=O)c1c(O)c3c(c(O)c1C2=O)C[C@@](O)(C(=O)CO)C[C@@H]3O[C@H]1C[C@H](N2CCO[C@H](OC)C2)[C@H](O)[C@H](C)O1.Cl. The molecule has 2 aromatic rings. The highest BCUT2D eigenvalue weighted by Crippen LogP contribution is 2.52. The van der Waals surface area contributed by atoms with Crippen LogP contribution in [0.25, 0.3) is 0 Å². The molecule has 5 N–H and O–H groups in total. The van der Waals surface area contributed by atoms with Crippen LogP contribution >= 0.6 is 12.4 Å². The van der Waals surface area contributed by atoms with E-state index >= 15 is 0 Å². The van der Waals surface area contributed by atoms with Crippen LogP contribution in [0.1, 0.15) is 68.8 Å². The number of phenols is 2. The first kappa shape index (κ1) is 35.1. The smallest absolute Gasteiger partial charge is 0.202 e. The summed E-state index contributed by atoms with van der Waals surface area (Å²) in [5.41, 5.74) is -3.62. The Kier molecular flexibility index (Phi) is 10.0. The number of phenolic OH excluding ortho intramolecular Hbond substituents is 2. The van der Waals surface area contributed by atoms with Gasteiger partial charge < -0.3 is 49.2 Å². The van der Waals surface area contributed by atoms with Crippen molar-refractivity contribution in [3.05, 3.63) is 51.6 Å². The molecule has 0 amide bonds. The van der Waals surface area contributed by atoms with Crippen LogP contribution in [0.2, 0.25) is 0 Å². The number of fused-ring (bicyclic) bond motifs is 3. The molecule has 2 aromatic carbocycles. The van der Waals surface area contributed by atoms with E-state index in [1.54, 1.807) is 6.92 Å². The molecule has 6 rings (SSSR count). The minimum atomic E-state index is -2.26. The van der Waals surface area contributed by atoms with Gasteiger partial charge in [0.15, 0.2) is 24.1 Å². The van der Waals surface area contributed by atoms with Gasteiger partial charge in [0.25, 0.3) is 0 Å². The van der Waals surface area contributed by atoms with Crippen molar-refractivity contribution >= 4 is 29.8 Å². The predicted molar refractivity (Wildman–Crippen MR) is 163 cm³/mol. The molecule has 2 fully saturated rings. The number of carbonyl (C=O) groups is 3. The molecule has 2 aliphatic heterocycles. The molecule has 0 bridgehead atoms. The Labute approximate surface area is 276 Å². The van der Waals surface area contributed by atoms with Crippen molar-refractivity contribution < 1.29 is 63.6 Å². The Morgan fingerprint density at radius 3 is 2.49 bits per heavy atom. The Morgan fingerprint density at radius 1 is 1.09 bits per heavy atom. The molecular formula is C32H38ClNO13. The molecule has 47 heavy (non-hydrogen) atoms. The Hall–Kier alpha value is -3.18. The lowest BCUT2D eigenvalue weighted by atomic mass is 9.72. The number of ketones is 3. The number of morpholine rings is 1. The van der Waals surface area contributed by atoms with E-state index in [2.05, 4.69) is 0 Å². The number of methoxy groups -OCH3 is 2. The summed E-state index contributed by atoms with van der Waals surface area (Å²) in [5, 5.41) is 55.5. The van der Waals surface area contributed by atoms with E-state index in [1.807, 2.05) is 4.90 Å². The zero-order chi connectivity index (χ0) is 33.1. The van der Waals surface area contributed by atoms with Gasteiger partial charge in [-0.05, 0) is 13.0 Å². The highest BCUT2D eigenvalue weighted by atomic mass is 35.5. The van der Waals surface area contributed by atoms with Crippen LogP contribution in [0.5, 0.6) is 17.2 Å². The third kappa shape index (κ3) is 5.81. The highest BCUT2D eigenvalue weighted by Gasteiger charge is 2.50. The number of ether oxygens (including phenoxy) is 5. The first-order valence-electron chi connectivity index (χ1n) is 15.0. The molecule has 2 heterocycles. The van der Waals surface area contributed by atoms with Crippen molar-refractivity contribution in [2.45, 2.75) is 68.7 Å². The van der Waals surface area contributed by atoms with Gasteiger partial charge in [-0.3, -0.25) is 19.3 Å². The second-order valence-corrected chi connectivity index (χ2v) is 12.1. The minimum absolute atomic E-state index is 0. The van der Waals surface area contributed by atoms with Crippen molar-refractivity contribution in [1.82, 2.24) is 4.90 Å². The zero-order valence-corrected chi connectivity index (χ0v) is 26.8. The van der Waals surface area contributed by atoms with Gasteiger partial charge >= 0.3 is 0 Å². The maximum absolute atomic E-state index is 13.9. The maximum atomic E-state index is 13.9. The molecule has 7 atom stereocenters. The van der Waals surface area contributed by atoms with Gasteiger partial charge in [0.1, 0.15) is 29.5 Å². The van der Waals surface area contributed by atoms with Crippen molar-refractivity contribution in [1.29, 1.82) is 0 Å². The summed E-state index contributed by atoms with van der Waals surface area (Å²) in [7, 11) is 2.85. The fraction of sp³-hybridized carbons (Fsp3) is 0.531.